The molecule has 7 nitrogen and oxygen atoms in total. The first-order valence-electron chi connectivity index (χ1n) is 8.03. The third kappa shape index (κ3) is 5.35. The van der Waals surface area contributed by atoms with E-state index in [0.29, 0.717) is 17.1 Å². The molecule has 2 aromatic carbocycles. The first kappa shape index (κ1) is 19.9. The van der Waals surface area contributed by atoms with Crippen LogP contribution in [0.3, 0.4) is 0 Å². The minimum Gasteiger partial charge on any atom is -0.457 e. The minimum atomic E-state index is -3.78. The zero-order valence-corrected chi connectivity index (χ0v) is 16.0. The number of benzene rings is 2. The van der Waals surface area contributed by atoms with Crippen molar-refractivity contribution in [3.05, 3.63) is 87.0 Å². The van der Waals surface area contributed by atoms with Gasteiger partial charge in [-0.25, -0.2) is 17.5 Å². The van der Waals surface area contributed by atoms with E-state index in [0.717, 1.165) is 11.3 Å². The van der Waals surface area contributed by atoms with Crippen LogP contribution in [-0.2, 0) is 22.3 Å². The molecule has 0 spiro atoms. The normalized spacial score (nSPS) is 11.3. The molecule has 146 valence electrons. The molecule has 0 aliphatic rings. The Labute approximate surface area is 164 Å². The van der Waals surface area contributed by atoms with Crippen molar-refractivity contribution >= 4 is 26.4 Å². The van der Waals surface area contributed by atoms with E-state index < -0.39 is 26.5 Å². The zero-order chi connectivity index (χ0) is 20.1. The summed E-state index contributed by atoms with van der Waals surface area (Å²) in [5.74, 6) is -0.183. The van der Waals surface area contributed by atoms with Crippen molar-refractivity contribution in [2.75, 3.05) is 0 Å². The third-order valence-electron chi connectivity index (χ3n) is 3.66. The zero-order valence-electron chi connectivity index (χ0n) is 14.4. The number of hydrogen-bond donors (Lipinski definition) is 1. The predicted molar refractivity (Wildman–Crippen MR) is 103 cm³/mol. The lowest BCUT2D eigenvalue weighted by molar-refractivity contribution is -0.380. The SMILES string of the molecule is O=[N+]([O-])c1cc(CS(=O)(=O)NCc2ccc(Oc3ccccc3)cc2F)cs1. The van der Waals surface area contributed by atoms with Crippen LogP contribution in [0.1, 0.15) is 11.1 Å². The Morgan fingerprint density at radius 2 is 1.86 bits per heavy atom. The fourth-order valence-electron chi connectivity index (χ4n) is 2.35. The van der Waals surface area contributed by atoms with Gasteiger partial charge in [-0.05, 0) is 23.8 Å². The van der Waals surface area contributed by atoms with E-state index in [-0.39, 0.29) is 17.1 Å². The molecule has 0 amide bonds. The van der Waals surface area contributed by atoms with E-state index in [1.165, 1.54) is 23.6 Å². The van der Waals surface area contributed by atoms with Crippen LogP contribution in [0.5, 0.6) is 11.5 Å². The summed E-state index contributed by atoms with van der Waals surface area (Å²) in [6, 6.07) is 14.2. The van der Waals surface area contributed by atoms with E-state index >= 15 is 0 Å². The molecule has 1 aromatic heterocycles. The number of thiophene rings is 1. The van der Waals surface area contributed by atoms with Gasteiger partial charge in [-0.1, -0.05) is 35.6 Å². The summed E-state index contributed by atoms with van der Waals surface area (Å²) in [6.45, 7) is -0.244. The summed E-state index contributed by atoms with van der Waals surface area (Å²) in [6.07, 6.45) is 0. The number of para-hydroxylation sites is 1. The van der Waals surface area contributed by atoms with Crippen LogP contribution in [0.15, 0.2) is 60.0 Å². The number of nitrogens with zero attached hydrogens (tertiary/aromatic N) is 1. The van der Waals surface area contributed by atoms with Crippen LogP contribution in [0.4, 0.5) is 9.39 Å². The summed E-state index contributed by atoms with van der Waals surface area (Å²) in [5, 5.41) is 11.9. The van der Waals surface area contributed by atoms with Crippen molar-refractivity contribution in [1.29, 1.82) is 0 Å². The van der Waals surface area contributed by atoms with Crippen LogP contribution in [0.25, 0.3) is 0 Å². The molecule has 0 bridgehead atoms. The highest BCUT2D eigenvalue weighted by molar-refractivity contribution is 7.88. The maximum absolute atomic E-state index is 14.3. The van der Waals surface area contributed by atoms with Crippen molar-refractivity contribution in [2.45, 2.75) is 12.3 Å². The van der Waals surface area contributed by atoms with Gasteiger partial charge < -0.3 is 4.74 Å². The van der Waals surface area contributed by atoms with Crippen LogP contribution in [0, 0.1) is 15.9 Å². The number of hydrogen-bond acceptors (Lipinski definition) is 6. The quantitative estimate of drug-likeness (QED) is 0.433. The third-order valence-corrected chi connectivity index (χ3v) is 5.89. The number of rotatable bonds is 8. The molecule has 0 unspecified atom stereocenters. The highest BCUT2D eigenvalue weighted by atomic mass is 32.2. The number of ether oxygens (including phenoxy) is 1. The average Bonchev–Trinajstić information content (AvgIpc) is 3.10. The largest absolute Gasteiger partial charge is 0.457 e. The monoisotopic (exact) mass is 422 g/mol. The van der Waals surface area contributed by atoms with E-state index in [1.54, 1.807) is 30.3 Å². The molecular weight excluding hydrogens is 407 g/mol. The number of halogens is 1. The van der Waals surface area contributed by atoms with Crippen LogP contribution in [0.2, 0.25) is 0 Å². The molecule has 0 fully saturated rings. The van der Waals surface area contributed by atoms with Gasteiger partial charge in [0, 0.05) is 29.6 Å². The van der Waals surface area contributed by atoms with Crippen LogP contribution >= 0.6 is 11.3 Å². The molecule has 1 heterocycles. The van der Waals surface area contributed by atoms with Crippen molar-refractivity contribution < 1.29 is 22.5 Å². The highest BCUT2D eigenvalue weighted by Crippen LogP contribution is 2.25. The fraction of sp³-hybridized carbons (Fsp3) is 0.111. The van der Waals surface area contributed by atoms with E-state index in [1.807, 2.05) is 6.07 Å². The first-order chi connectivity index (χ1) is 13.3. The lowest BCUT2D eigenvalue weighted by Crippen LogP contribution is -2.25. The summed E-state index contributed by atoms with van der Waals surface area (Å²) in [7, 11) is -3.78. The number of sulfonamides is 1. The molecule has 0 radical (unpaired) electrons. The second kappa shape index (κ2) is 8.46. The van der Waals surface area contributed by atoms with Crippen molar-refractivity contribution in [3.63, 3.8) is 0 Å². The van der Waals surface area contributed by atoms with Gasteiger partial charge in [0.2, 0.25) is 10.0 Å². The van der Waals surface area contributed by atoms with Gasteiger partial charge in [0.15, 0.2) is 0 Å². The Hall–Kier alpha value is -2.82. The van der Waals surface area contributed by atoms with Gasteiger partial charge in [-0.15, -0.1) is 0 Å². The maximum atomic E-state index is 14.3. The Balaban J connectivity index is 1.62. The molecule has 10 heteroatoms. The standard InChI is InChI=1S/C18H15FN2O5S2/c19-17-9-16(26-15-4-2-1-3-5-15)7-6-14(17)10-20-28(24,25)12-13-8-18(21(22)23)27-11-13/h1-9,11,20H,10,12H2. The number of nitrogens with one attached hydrogen (secondary N) is 1. The molecule has 28 heavy (non-hydrogen) atoms. The summed E-state index contributed by atoms with van der Waals surface area (Å²) in [4.78, 5) is 10.1. The minimum absolute atomic E-state index is 0.134. The lowest BCUT2D eigenvalue weighted by Gasteiger charge is -2.09. The molecule has 0 saturated carbocycles. The van der Waals surface area contributed by atoms with Crippen molar-refractivity contribution in [2.24, 2.45) is 0 Å². The summed E-state index contributed by atoms with van der Waals surface area (Å²) < 4.78 is 46.4. The molecule has 3 rings (SSSR count). The molecule has 0 saturated heterocycles. The Morgan fingerprint density at radius 1 is 1.11 bits per heavy atom. The van der Waals surface area contributed by atoms with Gasteiger partial charge in [0.05, 0.1) is 10.7 Å². The topological polar surface area (TPSA) is 98.5 Å². The molecule has 0 aliphatic carbocycles. The van der Waals surface area contributed by atoms with Gasteiger partial charge in [0.25, 0.3) is 0 Å². The molecule has 3 aromatic rings. The van der Waals surface area contributed by atoms with E-state index in [4.69, 9.17) is 4.74 Å². The Morgan fingerprint density at radius 3 is 2.50 bits per heavy atom. The smallest absolute Gasteiger partial charge is 0.324 e. The predicted octanol–water partition coefficient (Wildman–Crippen LogP) is 4.21. The first-order valence-corrected chi connectivity index (χ1v) is 10.6. The molecule has 0 aliphatic heterocycles. The maximum Gasteiger partial charge on any atom is 0.324 e. The van der Waals surface area contributed by atoms with E-state index in [2.05, 4.69) is 4.72 Å². The van der Waals surface area contributed by atoms with Crippen molar-refractivity contribution in [1.82, 2.24) is 4.72 Å². The van der Waals surface area contributed by atoms with Gasteiger partial charge >= 0.3 is 5.00 Å². The van der Waals surface area contributed by atoms with Gasteiger partial charge in [-0.3, -0.25) is 10.1 Å². The van der Waals surface area contributed by atoms with Gasteiger partial charge in [-0.2, -0.15) is 0 Å². The van der Waals surface area contributed by atoms with Crippen molar-refractivity contribution in [3.8, 4) is 11.5 Å². The number of nitro groups is 1. The summed E-state index contributed by atoms with van der Waals surface area (Å²) >= 11 is 0.852. The summed E-state index contributed by atoms with van der Waals surface area (Å²) in [5.41, 5.74) is 0.455. The second-order valence-electron chi connectivity index (χ2n) is 5.80. The Kier molecular flexibility index (Phi) is 6.02. The average molecular weight is 422 g/mol. The lowest BCUT2D eigenvalue weighted by atomic mass is 10.2. The highest BCUT2D eigenvalue weighted by Gasteiger charge is 2.17. The van der Waals surface area contributed by atoms with Crippen LogP contribution < -0.4 is 9.46 Å². The van der Waals surface area contributed by atoms with Gasteiger partial charge in [0.1, 0.15) is 17.3 Å². The fourth-order valence-corrected chi connectivity index (χ4v) is 4.27. The molecule has 0 atom stereocenters. The van der Waals surface area contributed by atoms with E-state index in [9.17, 15) is 22.9 Å². The van der Waals surface area contributed by atoms with Crippen LogP contribution in [-0.4, -0.2) is 13.3 Å². The molecular formula is C18H15FN2O5S2. The Bertz CT molecular complexity index is 1080. The molecule has 1 N–H and O–H groups in total. The second-order valence-corrected chi connectivity index (χ2v) is 8.50.